The molecule has 0 aromatic rings. The van der Waals surface area contributed by atoms with Crippen LogP contribution < -0.4 is 0 Å². The number of likely N-dealkylation sites (tertiary alicyclic amines) is 1. The van der Waals surface area contributed by atoms with Crippen molar-refractivity contribution < 1.29 is 14.7 Å². The van der Waals surface area contributed by atoms with Gasteiger partial charge in [-0.3, -0.25) is 0 Å². The number of nitrogens with zero attached hydrogens (tertiary/aromatic N) is 2. The Morgan fingerprint density at radius 2 is 2.50 bits per heavy atom. The Bertz CT molecular complexity index is 282. The van der Waals surface area contributed by atoms with E-state index >= 15 is 0 Å². The zero-order valence-corrected chi connectivity index (χ0v) is 9.11. The SMILES string of the molecule is O=C(O)N1CC[C@@H]([C@@H]2CC(Br)=NO2)C1. The van der Waals surface area contributed by atoms with Crippen LogP contribution in [0, 0.1) is 5.92 Å². The van der Waals surface area contributed by atoms with Crippen LogP contribution in [0.4, 0.5) is 4.79 Å². The maximum atomic E-state index is 10.7. The number of oxime groups is 1. The molecule has 0 radical (unpaired) electrons. The van der Waals surface area contributed by atoms with Gasteiger partial charge in [0.15, 0.2) is 0 Å². The van der Waals surface area contributed by atoms with Crippen molar-refractivity contribution in [3.05, 3.63) is 0 Å². The minimum atomic E-state index is -0.842. The number of halogens is 1. The topological polar surface area (TPSA) is 62.1 Å². The van der Waals surface area contributed by atoms with Crippen LogP contribution in [0.25, 0.3) is 0 Å². The molecule has 78 valence electrons. The lowest BCUT2D eigenvalue weighted by atomic mass is 10.00. The number of hydrogen-bond donors (Lipinski definition) is 1. The van der Waals surface area contributed by atoms with Crippen molar-refractivity contribution in [3.63, 3.8) is 0 Å². The summed E-state index contributed by atoms with van der Waals surface area (Å²) >= 11 is 3.26. The zero-order valence-electron chi connectivity index (χ0n) is 7.52. The van der Waals surface area contributed by atoms with E-state index in [9.17, 15) is 4.79 Å². The molecule has 1 saturated heterocycles. The molecule has 0 aromatic carbocycles. The predicted octanol–water partition coefficient (Wildman–Crippen LogP) is 1.48. The Kier molecular flexibility index (Phi) is 2.62. The maximum absolute atomic E-state index is 10.7. The van der Waals surface area contributed by atoms with E-state index in [4.69, 9.17) is 9.94 Å². The van der Waals surface area contributed by atoms with Gasteiger partial charge in [0.2, 0.25) is 0 Å². The third kappa shape index (κ3) is 1.84. The highest BCUT2D eigenvalue weighted by Crippen LogP contribution is 2.28. The first-order valence-corrected chi connectivity index (χ1v) is 5.32. The van der Waals surface area contributed by atoms with E-state index in [0.717, 1.165) is 17.5 Å². The van der Waals surface area contributed by atoms with Gasteiger partial charge in [-0.2, -0.15) is 0 Å². The van der Waals surface area contributed by atoms with E-state index in [1.54, 1.807) is 0 Å². The van der Waals surface area contributed by atoms with Gasteiger partial charge in [-0.25, -0.2) is 4.79 Å². The van der Waals surface area contributed by atoms with Gasteiger partial charge in [0.1, 0.15) is 10.7 Å². The molecule has 1 fully saturated rings. The summed E-state index contributed by atoms with van der Waals surface area (Å²) < 4.78 is 0.816. The Labute approximate surface area is 89.8 Å². The zero-order chi connectivity index (χ0) is 10.1. The van der Waals surface area contributed by atoms with Crippen LogP contribution in [0.15, 0.2) is 5.16 Å². The molecular weight excluding hydrogens is 252 g/mol. The van der Waals surface area contributed by atoms with Crippen LogP contribution in [-0.2, 0) is 4.84 Å². The third-order valence-corrected chi connectivity index (χ3v) is 3.15. The molecule has 14 heavy (non-hydrogen) atoms. The van der Waals surface area contributed by atoms with Gasteiger partial charge in [-0.05, 0) is 22.4 Å². The first-order valence-electron chi connectivity index (χ1n) is 4.53. The number of rotatable bonds is 1. The third-order valence-electron chi connectivity index (χ3n) is 2.68. The van der Waals surface area contributed by atoms with E-state index in [1.165, 1.54) is 4.90 Å². The van der Waals surface area contributed by atoms with Gasteiger partial charge in [-0.15, -0.1) is 0 Å². The fraction of sp³-hybridized carbons (Fsp3) is 0.750. The van der Waals surface area contributed by atoms with Gasteiger partial charge in [0.05, 0.1) is 0 Å². The molecule has 5 nitrogen and oxygen atoms in total. The van der Waals surface area contributed by atoms with Gasteiger partial charge < -0.3 is 14.8 Å². The smallest absolute Gasteiger partial charge is 0.407 e. The van der Waals surface area contributed by atoms with Crippen molar-refractivity contribution in [2.24, 2.45) is 11.1 Å². The summed E-state index contributed by atoms with van der Waals surface area (Å²) in [6.07, 6.45) is 0.837. The summed E-state index contributed by atoms with van der Waals surface area (Å²) in [7, 11) is 0. The lowest BCUT2D eigenvalue weighted by Crippen LogP contribution is -2.29. The average Bonchev–Trinajstić information content (AvgIpc) is 2.70. The molecule has 1 amide bonds. The van der Waals surface area contributed by atoms with Crippen molar-refractivity contribution in [2.75, 3.05) is 13.1 Å². The fourth-order valence-corrected chi connectivity index (χ4v) is 2.29. The number of carbonyl (C=O) groups is 1. The molecule has 2 rings (SSSR count). The van der Waals surface area contributed by atoms with Crippen molar-refractivity contribution in [3.8, 4) is 0 Å². The minimum Gasteiger partial charge on any atom is -0.465 e. The first kappa shape index (κ1) is 9.76. The summed E-state index contributed by atoms with van der Waals surface area (Å²) in [5.74, 6) is 0.282. The van der Waals surface area contributed by atoms with Crippen LogP contribution in [0.2, 0.25) is 0 Å². The summed E-state index contributed by atoms with van der Waals surface area (Å²) in [6.45, 7) is 1.17. The van der Waals surface area contributed by atoms with Crippen LogP contribution in [0.1, 0.15) is 12.8 Å². The quantitative estimate of drug-likeness (QED) is 0.779. The lowest BCUT2D eigenvalue weighted by Gasteiger charge is -2.16. The second-order valence-electron chi connectivity index (χ2n) is 3.59. The standard InChI is InChI=1S/C8H11BrN2O3/c9-7-3-6(14-10-7)5-1-2-11(4-5)8(12)13/h5-6H,1-4H2,(H,12,13)/t5-,6+/m1/s1. The van der Waals surface area contributed by atoms with Crippen LogP contribution in [0.5, 0.6) is 0 Å². The summed E-state index contributed by atoms with van der Waals surface area (Å²) in [5.41, 5.74) is 0. The van der Waals surface area contributed by atoms with E-state index < -0.39 is 6.09 Å². The van der Waals surface area contributed by atoms with Crippen LogP contribution in [-0.4, -0.2) is 39.9 Å². The van der Waals surface area contributed by atoms with Crippen molar-refractivity contribution >= 4 is 26.6 Å². The summed E-state index contributed by atoms with van der Waals surface area (Å²) in [5, 5.41) is 12.6. The van der Waals surface area contributed by atoms with Crippen LogP contribution >= 0.6 is 15.9 Å². The van der Waals surface area contributed by atoms with Crippen LogP contribution in [0.3, 0.4) is 0 Å². The number of carboxylic acid groups (broad SMARTS) is 1. The molecular formula is C8H11BrN2O3. The molecule has 6 heteroatoms. The molecule has 0 saturated carbocycles. The number of amides is 1. The molecule has 0 bridgehead atoms. The molecule has 2 aliphatic heterocycles. The maximum Gasteiger partial charge on any atom is 0.407 e. The number of hydrogen-bond acceptors (Lipinski definition) is 3. The van der Waals surface area contributed by atoms with Crippen molar-refractivity contribution in [1.29, 1.82) is 0 Å². The molecule has 2 heterocycles. The van der Waals surface area contributed by atoms with E-state index in [2.05, 4.69) is 21.1 Å². The summed E-state index contributed by atoms with van der Waals surface area (Å²) in [4.78, 5) is 17.3. The van der Waals surface area contributed by atoms with Crippen molar-refractivity contribution in [1.82, 2.24) is 4.90 Å². The second-order valence-corrected chi connectivity index (χ2v) is 4.51. The average molecular weight is 263 g/mol. The highest BCUT2D eigenvalue weighted by atomic mass is 79.9. The first-order chi connectivity index (χ1) is 6.66. The monoisotopic (exact) mass is 262 g/mol. The minimum absolute atomic E-state index is 0.0497. The van der Waals surface area contributed by atoms with Gasteiger partial charge in [0.25, 0.3) is 0 Å². The molecule has 2 atom stereocenters. The molecule has 1 N–H and O–H groups in total. The Balaban J connectivity index is 1.87. The van der Waals surface area contributed by atoms with E-state index in [-0.39, 0.29) is 12.0 Å². The predicted molar refractivity (Wildman–Crippen MR) is 53.6 cm³/mol. The Hall–Kier alpha value is -0.780. The normalized spacial score (nSPS) is 31.5. The Morgan fingerprint density at radius 1 is 1.71 bits per heavy atom. The molecule has 0 spiro atoms. The molecule has 0 aliphatic carbocycles. The largest absolute Gasteiger partial charge is 0.465 e. The Morgan fingerprint density at radius 3 is 3.00 bits per heavy atom. The fourth-order valence-electron chi connectivity index (χ4n) is 1.88. The molecule has 2 aliphatic rings. The lowest BCUT2D eigenvalue weighted by molar-refractivity contribution is 0.0432. The molecule has 0 aromatic heterocycles. The van der Waals surface area contributed by atoms with E-state index in [1.807, 2.05) is 0 Å². The van der Waals surface area contributed by atoms with Gasteiger partial charge in [-0.1, -0.05) is 5.16 Å². The second kappa shape index (κ2) is 3.76. The molecule has 0 unspecified atom stereocenters. The van der Waals surface area contributed by atoms with Crippen molar-refractivity contribution in [2.45, 2.75) is 18.9 Å². The van der Waals surface area contributed by atoms with Gasteiger partial charge in [0, 0.05) is 25.4 Å². The van der Waals surface area contributed by atoms with Gasteiger partial charge >= 0.3 is 6.09 Å². The highest BCUT2D eigenvalue weighted by molar-refractivity contribution is 9.18. The highest BCUT2D eigenvalue weighted by Gasteiger charge is 2.35. The summed E-state index contributed by atoms with van der Waals surface area (Å²) in [6, 6.07) is 0. The van der Waals surface area contributed by atoms with E-state index in [0.29, 0.717) is 13.1 Å².